The molecule has 19 heavy (non-hydrogen) atoms. The zero-order valence-corrected chi connectivity index (χ0v) is 12.1. The van der Waals surface area contributed by atoms with Gasteiger partial charge in [0.05, 0.1) is 11.9 Å². The molecule has 2 aromatic heterocycles. The molecule has 96 valence electrons. The van der Waals surface area contributed by atoms with Gasteiger partial charge in [0, 0.05) is 28.6 Å². The van der Waals surface area contributed by atoms with Crippen molar-refractivity contribution in [1.29, 1.82) is 0 Å². The molecule has 0 radical (unpaired) electrons. The van der Waals surface area contributed by atoms with Crippen LogP contribution in [0.1, 0.15) is 5.69 Å². The number of rotatable bonds is 3. The summed E-state index contributed by atoms with van der Waals surface area (Å²) in [4.78, 5) is 4.04. The average molecular weight is 317 g/mol. The monoisotopic (exact) mass is 316 g/mol. The van der Waals surface area contributed by atoms with Gasteiger partial charge in [-0.1, -0.05) is 15.9 Å². The molecule has 0 aliphatic rings. The van der Waals surface area contributed by atoms with Crippen LogP contribution in [0.2, 0.25) is 0 Å². The Kier molecular flexibility index (Phi) is 3.25. The number of pyridine rings is 1. The summed E-state index contributed by atoms with van der Waals surface area (Å²) in [5.74, 6) is 0.786. The van der Waals surface area contributed by atoms with Gasteiger partial charge in [0.1, 0.15) is 12.4 Å². The molecule has 0 spiro atoms. The van der Waals surface area contributed by atoms with Crippen molar-refractivity contribution in [3.05, 3.63) is 59.0 Å². The molecule has 0 unspecified atom stereocenters. The summed E-state index contributed by atoms with van der Waals surface area (Å²) < 4.78 is 8.98. The van der Waals surface area contributed by atoms with E-state index in [4.69, 9.17) is 4.74 Å². The predicted molar refractivity (Wildman–Crippen MR) is 79.2 cm³/mol. The Morgan fingerprint density at radius 2 is 2.16 bits per heavy atom. The number of ether oxygens (including phenoxy) is 1. The first-order chi connectivity index (χ1) is 9.24. The zero-order chi connectivity index (χ0) is 13.2. The van der Waals surface area contributed by atoms with Crippen molar-refractivity contribution in [2.75, 3.05) is 0 Å². The lowest BCUT2D eigenvalue weighted by atomic mass is 10.2. The standard InChI is InChI=1S/C15H13BrN2O/c1-18-13(10-19-14-3-2-6-17-9-14)8-11-7-12(16)4-5-15(11)18/h2-9H,10H2,1H3. The molecule has 2 heterocycles. The van der Waals surface area contributed by atoms with Gasteiger partial charge in [-0.3, -0.25) is 4.98 Å². The van der Waals surface area contributed by atoms with Crippen LogP contribution in [0.5, 0.6) is 5.75 Å². The van der Waals surface area contributed by atoms with Crippen LogP contribution in [0.15, 0.2) is 53.3 Å². The number of hydrogen-bond acceptors (Lipinski definition) is 2. The minimum atomic E-state index is 0.536. The molecule has 0 aliphatic heterocycles. The first-order valence-corrected chi connectivity index (χ1v) is 6.80. The van der Waals surface area contributed by atoms with E-state index in [2.05, 4.69) is 50.7 Å². The van der Waals surface area contributed by atoms with E-state index in [1.54, 1.807) is 12.4 Å². The van der Waals surface area contributed by atoms with Crippen LogP contribution in [0, 0.1) is 0 Å². The Morgan fingerprint density at radius 1 is 1.26 bits per heavy atom. The smallest absolute Gasteiger partial charge is 0.138 e. The normalized spacial score (nSPS) is 10.8. The van der Waals surface area contributed by atoms with Crippen molar-refractivity contribution < 1.29 is 4.74 Å². The number of hydrogen-bond donors (Lipinski definition) is 0. The summed E-state index contributed by atoms with van der Waals surface area (Å²) in [7, 11) is 2.05. The first-order valence-electron chi connectivity index (χ1n) is 6.01. The Labute approximate surface area is 120 Å². The van der Waals surface area contributed by atoms with Crippen molar-refractivity contribution in [2.45, 2.75) is 6.61 Å². The van der Waals surface area contributed by atoms with Crippen molar-refractivity contribution in [3.8, 4) is 5.75 Å². The molecule has 0 atom stereocenters. The lowest BCUT2D eigenvalue weighted by Crippen LogP contribution is -2.01. The molecule has 0 amide bonds. The molecule has 0 aliphatic carbocycles. The lowest BCUT2D eigenvalue weighted by molar-refractivity contribution is 0.296. The van der Waals surface area contributed by atoms with E-state index in [1.807, 2.05) is 18.2 Å². The van der Waals surface area contributed by atoms with Crippen molar-refractivity contribution in [1.82, 2.24) is 9.55 Å². The van der Waals surface area contributed by atoms with E-state index in [0.29, 0.717) is 6.61 Å². The van der Waals surface area contributed by atoms with Gasteiger partial charge < -0.3 is 9.30 Å². The molecule has 3 rings (SSSR count). The Balaban J connectivity index is 1.87. The number of halogens is 1. The lowest BCUT2D eigenvalue weighted by Gasteiger charge is -2.06. The van der Waals surface area contributed by atoms with Gasteiger partial charge in [-0.25, -0.2) is 0 Å². The first kappa shape index (κ1) is 12.2. The van der Waals surface area contributed by atoms with E-state index in [-0.39, 0.29) is 0 Å². The molecule has 3 nitrogen and oxygen atoms in total. The van der Waals surface area contributed by atoms with Crippen LogP contribution >= 0.6 is 15.9 Å². The Bertz CT molecular complexity index is 707. The molecule has 0 fully saturated rings. The molecule has 0 N–H and O–H groups in total. The third-order valence-electron chi connectivity index (χ3n) is 3.12. The van der Waals surface area contributed by atoms with E-state index in [9.17, 15) is 0 Å². The molecule has 0 bridgehead atoms. The van der Waals surface area contributed by atoms with Gasteiger partial charge >= 0.3 is 0 Å². The third-order valence-corrected chi connectivity index (χ3v) is 3.62. The summed E-state index contributed by atoms with van der Waals surface area (Å²) in [6.07, 6.45) is 3.46. The third kappa shape index (κ3) is 2.49. The molecular formula is C15H13BrN2O. The van der Waals surface area contributed by atoms with Crippen LogP contribution in [0.3, 0.4) is 0 Å². The van der Waals surface area contributed by atoms with Gasteiger partial charge in [-0.05, 0) is 36.4 Å². The molecule has 4 heteroatoms. The van der Waals surface area contributed by atoms with E-state index < -0.39 is 0 Å². The highest BCUT2D eigenvalue weighted by molar-refractivity contribution is 9.10. The zero-order valence-electron chi connectivity index (χ0n) is 10.5. The van der Waals surface area contributed by atoms with Crippen LogP contribution in [-0.2, 0) is 13.7 Å². The van der Waals surface area contributed by atoms with Crippen LogP contribution in [0.25, 0.3) is 10.9 Å². The quantitative estimate of drug-likeness (QED) is 0.732. The second-order valence-electron chi connectivity index (χ2n) is 4.38. The number of benzene rings is 1. The van der Waals surface area contributed by atoms with E-state index in [1.165, 1.54) is 10.9 Å². The second kappa shape index (κ2) is 5.05. The molecular weight excluding hydrogens is 304 g/mol. The van der Waals surface area contributed by atoms with E-state index >= 15 is 0 Å². The van der Waals surface area contributed by atoms with Gasteiger partial charge in [-0.2, -0.15) is 0 Å². The largest absolute Gasteiger partial charge is 0.486 e. The highest BCUT2D eigenvalue weighted by Gasteiger charge is 2.06. The van der Waals surface area contributed by atoms with Crippen LogP contribution < -0.4 is 4.74 Å². The maximum absolute atomic E-state index is 5.74. The Morgan fingerprint density at radius 3 is 2.95 bits per heavy atom. The average Bonchev–Trinajstić information content (AvgIpc) is 2.74. The fraction of sp³-hybridized carbons (Fsp3) is 0.133. The number of aryl methyl sites for hydroxylation is 1. The summed E-state index contributed by atoms with van der Waals surface area (Å²) in [5, 5.41) is 1.21. The highest BCUT2D eigenvalue weighted by Crippen LogP contribution is 2.23. The summed E-state index contributed by atoms with van der Waals surface area (Å²) >= 11 is 3.49. The number of nitrogens with zero attached hydrogens (tertiary/aromatic N) is 2. The second-order valence-corrected chi connectivity index (χ2v) is 5.29. The fourth-order valence-electron chi connectivity index (χ4n) is 2.11. The van der Waals surface area contributed by atoms with Crippen LogP contribution in [-0.4, -0.2) is 9.55 Å². The number of fused-ring (bicyclic) bond motifs is 1. The summed E-state index contributed by atoms with van der Waals surface area (Å²) in [6, 6.07) is 12.2. The van der Waals surface area contributed by atoms with E-state index in [0.717, 1.165) is 15.9 Å². The predicted octanol–water partition coefficient (Wildman–Crippen LogP) is 3.91. The Hall–Kier alpha value is -1.81. The van der Waals surface area contributed by atoms with Gasteiger partial charge in [0.25, 0.3) is 0 Å². The van der Waals surface area contributed by atoms with Crippen molar-refractivity contribution >= 4 is 26.8 Å². The minimum absolute atomic E-state index is 0.536. The van der Waals surface area contributed by atoms with Crippen molar-refractivity contribution in [3.63, 3.8) is 0 Å². The molecule has 3 aromatic rings. The topological polar surface area (TPSA) is 27.1 Å². The number of aromatic nitrogens is 2. The maximum Gasteiger partial charge on any atom is 0.138 e. The van der Waals surface area contributed by atoms with Gasteiger partial charge in [0.15, 0.2) is 0 Å². The summed E-state index contributed by atoms with van der Waals surface area (Å²) in [6.45, 7) is 0.536. The minimum Gasteiger partial charge on any atom is -0.486 e. The summed E-state index contributed by atoms with van der Waals surface area (Å²) in [5.41, 5.74) is 2.34. The maximum atomic E-state index is 5.74. The van der Waals surface area contributed by atoms with Gasteiger partial charge in [-0.15, -0.1) is 0 Å². The molecule has 1 aromatic carbocycles. The SMILES string of the molecule is Cn1c(COc2cccnc2)cc2cc(Br)ccc21. The fourth-order valence-corrected chi connectivity index (χ4v) is 2.48. The van der Waals surface area contributed by atoms with Gasteiger partial charge in [0.2, 0.25) is 0 Å². The molecule has 0 saturated carbocycles. The highest BCUT2D eigenvalue weighted by atomic mass is 79.9. The van der Waals surface area contributed by atoms with Crippen LogP contribution in [0.4, 0.5) is 0 Å². The molecule has 0 saturated heterocycles. The van der Waals surface area contributed by atoms with Crippen molar-refractivity contribution in [2.24, 2.45) is 7.05 Å².